The first-order chi connectivity index (χ1) is 5.29. The van der Waals surface area contributed by atoms with Crippen LogP contribution in [0.4, 0.5) is 0 Å². The topological polar surface area (TPSA) is 39.2 Å². The lowest BCUT2D eigenvalue weighted by molar-refractivity contribution is 0.0595. The smallest absolute Gasteiger partial charge is 0.358 e. The van der Waals surface area contributed by atoms with Crippen LogP contribution < -0.4 is 0 Å². The van der Waals surface area contributed by atoms with Gasteiger partial charge in [-0.1, -0.05) is 6.58 Å². The number of nitrogens with zero attached hydrogens (tertiary/aromatic N) is 1. The first-order valence-electron chi connectivity index (χ1n) is 2.94. The van der Waals surface area contributed by atoms with Crippen molar-refractivity contribution in [3.63, 3.8) is 0 Å². The highest BCUT2D eigenvalue weighted by molar-refractivity contribution is 7.10. The lowest BCUT2D eigenvalue weighted by Gasteiger charge is -1.93. The Labute approximate surface area is 68.3 Å². The number of aromatic nitrogens is 1. The number of rotatable bonds is 2. The van der Waals surface area contributed by atoms with E-state index in [1.54, 1.807) is 11.6 Å². The molecule has 0 atom stereocenters. The molecule has 0 radical (unpaired) electrons. The summed E-state index contributed by atoms with van der Waals surface area (Å²) in [6.07, 6.45) is 1.59. The van der Waals surface area contributed by atoms with Gasteiger partial charge in [0, 0.05) is 0 Å². The van der Waals surface area contributed by atoms with Crippen LogP contribution in [0.5, 0.6) is 0 Å². The van der Waals surface area contributed by atoms with E-state index < -0.39 is 5.97 Å². The summed E-state index contributed by atoms with van der Waals surface area (Å²) in [6.45, 7) is 3.54. The Bertz CT molecular complexity index is 280. The predicted molar refractivity (Wildman–Crippen MR) is 43.5 cm³/mol. The number of esters is 1. The van der Waals surface area contributed by atoms with Crippen LogP contribution in [0.25, 0.3) is 6.08 Å². The van der Waals surface area contributed by atoms with E-state index in [-0.39, 0.29) is 0 Å². The monoisotopic (exact) mass is 169 g/mol. The quantitative estimate of drug-likeness (QED) is 0.631. The summed E-state index contributed by atoms with van der Waals surface area (Å²) >= 11 is 1.36. The zero-order chi connectivity index (χ0) is 8.27. The molecule has 0 aliphatic carbocycles. The zero-order valence-electron chi connectivity index (χ0n) is 6.03. The van der Waals surface area contributed by atoms with Crippen molar-refractivity contribution >= 4 is 23.4 Å². The Kier molecular flexibility index (Phi) is 2.38. The van der Waals surface area contributed by atoms with Crippen molar-refractivity contribution in [3.05, 3.63) is 22.7 Å². The Hall–Kier alpha value is -1.16. The highest BCUT2D eigenvalue weighted by Gasteiger charge is 2.11. The van der Waals surface area contributed by atoms with Crippen molar-refractivity contribution in [2.75, 3.05) is 7.11 Å². The molecule has 11 heavy (non-hydrogen) atoms. The maximum atomic E-state index is 10.9. The minimum absolute atomic E-state index is 0.340. The molecule has 0 unspecified atom stereocenters. The van der Waals surface area contributed by atoms with Crippen molar-refractivity contribution in [1.82, 2.24) is 4.98 Å². The SMILES string of the molecule is C=Cc1scnc1C(=O)OC. The fraction of sp³-hybridized carbons (Fsp3) is 0.143. The molecule has 0 N–H and O–H groups in total. The summed E-state index contributed by atoms with van der Waals surface area (Å²) in [5, 5.41) is 0. The highest BCUT2D eigenvalue weighted by atomic mass is 32.1. The molecule has 0 saturated heterocycles. The van der Waals surface area contributed by atoms with Crippen LogP contribution in [0.3, 0.4) is 0 Å². The van der Waals surface area contributed by atoms with Gasteiger partial charge in [-0.3, -0.25) is 0 Å². The van der Waals surface area contributed by atoms with Gasteiger partial charge in [0.1, 0.15) is 0 Å². The first-order valence-corrected chi connectivity index (χ1v) is 3.81. The summed E-state index contributed by atoms with van der Waals surface area (Å²) in [5.74, 6) is -0.416. The third-order valence-electron chi connectivity index (χ3n) is 1.16. The van der Waals surface area contributed by atoms with Crippen LogP contribution in [0, 0.1) is 0 Å². The molecule has 1 aromatic heterocycles. The second-order valence-corrected chi connectivity index (χ2v) is 2.65. The maximum Gasteiger partial charge on any atom is 0.358 e. The largest absolute Gasteiger partial charge is 0.464 e. The van der Waals surface area contributed by atoms with E-state index >= 15 is 0 Å². The molecule has 1 aromatic rings. The molecule has 0 fully saturated rings. The van der Waals surface area contributed by atoms with E-state index in [1.165, 1.54) is 18.4 Å². The van der Waals surface area contributed by atoms with Crippen molar-refractivity contribution in [2.24, 2.45) is 0 Å². The summed E-state index contributed by atoms with van der Waals surface area (Å²) in [4.78, 5) is 15.5. The van der Waals surface area contributed by atoms with E-state index in [2.05, 4.69) is 16.3 Å². The van der Waals surface area contributed by atoms with Gasteiger partial charge >= 0.3 is 5.97 Å². The van der Waals surface area contributed by atoms with Crippen LogP contribution >= 0.6 is 11.3 Å². The van der Waals surface area contributed by atoms with Crippen LogP contribution in [0.2, 0.25) is 0 Å². The van der Waals surface area contributed by atoms with Gasteiger partial charge in [0.25, 0.3) is 0 Å². The van der Waals surface area contributed by atoms with Crippen molar-refractivity contribution < 1.29 is 9.53 Å². The van der Waals surface area contributed by atoms with E-state index in [1.807, 2.05) is 0 Å². The van der Waals surface area contributed by atoms with Crippen molar-refractivity contribution in [3.8, 4) is 0 Å². The van der Waals surface area contributed by atoms with Gasteiger partial charge < -0.3 is 4.74 Å². The molecule has 0 aromatic carbocycles. The van der Waals surface area contributed by atoms with E-state index in [4.69, 9.17) is 0 Å². The van der Waals surface area contributed by atoms with Gasteiger partial charge in [0.15, 0.2) is 5.69 Å². The normalized spacial score (nSPS) is 9.18. The van der Waals surface area contributed by atoms with Crippen molar-refractivity contribution in [1.29, 1.82) is 0 Å². The lowest BCUT2D eigenvalue weighted by atomic mass is 10.3. The molecule has 0 spiro atoms. The first kappa shape index (κ1) is 7.94. The summed E-state index contributed by atoms with van der Waals surface area (Å²) in [5.41, 5.74) is 1.93. The molecule has 1 rings (SSSR count). The van der Waals surface area contributed by atoms with Gasteiger partial charge in [-0.25, -0.2) is 9.78 Å². The third-order valence-corrected chi connectivity index (χ3v) is 1.98. The Morgan fingerprint density at radius 2 is 2.64 bits per heavy atom. The minimum atomic E-state index is -0.416. The van der Waals surface area contributed by atoms with E-state index in [0.717, 1.165) is 4.88 Å². The Morgan fingerprint density at radius 3 is 3.18 bits per heavy atom. The molecule has 4 heteroatoms. The van der Waals surface area contributed by atoms with E-state index in [0.29, 0.717) is 5.69 Å². The lowest BCUT2D eigenvalue weighted by Crippen LogP contribution is -2.02. The van der Waals surface area contributed by atoms with Gasteiger partial charge in [-0.2, -0.15) is 0 Å². The number of thiazole rings is 1. The summed E-state index contributed by atoms with van der Waals surface area (Å²) in [7, 11) is 1.33. The number of hydrogen-bond acceptors (Lipinski definition) is 4. The number of carbonyl (C=O) groups excluding carboxylic acids is 1. The molecular weight excluding hydrogens is 162 g/mol. The maximum absolute atomic E-state index is 10.9. The highest BCUT2D eigenvalue weighted by Crippen LogP contribution is 2.14. The molecule has 1 heterocycles. The molecule has 0 aliphatic heterocycles. The summed E-state index contributed by atoms with van der Waals surface area (Å²) < 4.78 is 4.49. The van der Waals surface area contributed by atoms with Crippen molar-refractivity contribution in [2.45, 2.75) is 0 Å². The second-order valence-electron chi connectivity index (χ2n) is 1.76. The van der Waals surface area contributed by atoms with Crippen LogP contribution in [0.15, 0.2) is 12.1 Å². The van der Waals surface area contributed by atoms with Gasteiger partial charge in [-0.05, 0) is 6.08 Å². The second kappa shape index (κ2) is 3.30. The number of hydrogen-bond donors (Lipinski definition) is 0. The molecule has 3 nitrogen and oxygen atoms in total. The molecular formula is C7H7NO2S. The number of ether oxygens (including phenoxy) is 1. The molecule has 0 bridgehead atoms. The number of methoxy groups -OCH3 is 1. The Balaban J connectivity index is 3.01. The summed E-state index contributed by atoms with van der Waals surface area (Å²) in [6, 6.07) is 0. The number of carbonyl (C=O) groups is 1. The zero-order valence-corrected chi connectivity index (χ0v) is 6.85. The third kappa shape index (κ3) is 1.46. The molecule has 0 amide bonds. The minimum Gasteiger partial charge on any atom is -0.464 e. The fourth-order valence-corrected chi connectivity index (χ4v) is 1.27. The van der Waals surface area contributed by atoms with Gasteiger partial charge in [0.05, 0.1) is 17.5 Å². The molecule has 0 aliphatic rings. The van der Waals surface area contributed by atoms with Crippen LogP contribution in [-0.4, -0.2) is 18.1 Å². The van der Waals surface area contributed by atoms with Crippen LogP contribution in [-0.2, 0) is 4.74 Å². The van der Waals surface area contributed by atoms with Gasteiger partial charge in [0.2, 0.25) is 0 Å². The van der Waals surface area contributed by atoms with Crippen LogP contribution in [0.1, 0.15) is 15.4 Å². The predicted octanol–water partition coefficient (Wildman–Crippen LogP) is 1.57. The average molecular weight is 169 g/mol. The van der Waals surface area contributed by atoms with E-state index in [9.17, 15) is 4.79 Å². The van der Waals surface area contributed by atoms with Gasteiger partial charge in [-0.15, -0.1) is 11.3 Å². The fourth-order valence-electron chi connectivity index (χ4n) is 0.650. The standard InChI is InChI=1S/C7H7NO2S/c1-3-5-6(7(9)10-2)8-4-11-5/h3-4H,1H2,2H3. The molecule has 0 saturated carbocycles. The molecule has 58 valence electrons. The average Bonchev–Trinajstić information content (AvgIpc) is 2.50. The Morgan fingerprint density at radius 1 is 1.91 bits per heavy atom.